The first-order valence-electron chi connectivity index (χ1n) is 6.76. The van der Waals surface area contributed by atoms with E-state index >= 15 is 0 Å². The van der Waals surface area contributed by atoms with E-state index < -0.39 is 72.6 Å². The number of carbonyl (C=O) groups is 1. The van der Waals surface area contributed by atoms with Crippen LogP contribution in [0.2, 0.25) is 0 Å². The number of esters is 1. The topological polar surface area (TPSA) is 218 Å². The van der Waals surface area contributed by atoms with E-state index in [0.717, 1.165) is 0 Å². The number of rotatable bonds is 4. The summed E-state index contributed by atoms with van der Waals surface area (Å²) in [5, 5.41) is 88.0. The first-order chi connectivity index (χ1) is 11.0. The molecule has 2 rings (SSSR count). The van der Waals surface area contributed by atoms with Crippen molar-refractivity contribution in [3.8, 4) is 0 Å². The Bertz CT molecular complexity index is 546. The van der Waals surface area contributed by atoms with Crippen molar-refractivity contribution in [2.75, 3.05) is 13.2 Å². The molecule has 0 aliphatic carbocycles. The minimum Gasteiger partial charge on any atom is -0.505 e. The molecule has 0 aromatic heterocycles. The molecule has 0 bridgehead atoms. The summed E-state index contributed by atoms with van der Waals surface area (Å²) in [6, 6.07) is 0. The van der Waals surface area contributed by atoms with E-state index in [9.17, 15) is 45.6 Å². The van der Waals surface area contributed by atoms with Crippen LogP contribution in [0.1, 0.15) is 0 Å². The quantitative estimate of drug-likeness (QED) is 0.217. The number of aliphatic hydroxyl groups excluding tert-OH is 7. The maximum absolute atomic E-state index is 11.3. The first kappa shape index (κ1) is 18.8. The Hall–Kier alpha value is -1.51. The molecule has 7 atom stereocenters. The number of cyclic esters (lactones) is 1. The van der Waals surface area contributed by atoms with Gasteiger partial charge in [0.2, 0.25) is 11.5 Å². The van der Waals surface area contributed by atoms with Gasteiger partial charge >= 0.3 is 5.97 Å². The summed E-state index contributed by atoms with van der Waals surface area (Å²) in [5.41, 5.74) is -3.18. The third-order valence-corrected chi connectivity index (χ3v) is 4.17. The van der Waals surface area contributed by atoms with Crippen molar-refractivity contribution in [2.24, 2.45) is 0 Å². The molecule has 1 fully saturated rings. The molecular weight excluding hydrogens is 336 g/mol. The van der Waals surface area contributed by atoms with Crippen molar-refractivity contribution in [2.45, 2.75) is 41.9 Å². The molecule has 12 heteroatoms. The lowest BCUT2D eigenvalue weighted by Gasteiger charge is -2.52. The van der Waals surface area contributed by atoms with Gasteiger partial charge in [-0.15, -0.1) is 0 Å². The standard InChI is InChI=1S/C12H18O12/c13-1-3-4(15)5(16)8(19)12(22,24-3)11(21,2-14)9-6(17)7(18)10(20)23-9/h3-5,8-9,13-19,21-22H,1-2H2/t3-,4-,5+,8-,9+,11+,12?/m1/s1. The van der Waals surface area contributed by atoms with Crippen molar-refractivity contribution < 1.29 is 60.2 Å². The number of ether oxygens (including phenoxy) is 2. The predicted octanol–water partition coefficient (Wildman–Crippen LogP) is -4.87. The zero-order valence-corrected chi connectivity index (χ0v) is 12.1. The minimum atomic E-state index is -3.31. The van der Waals surface area contributed by atoms with Crippen LogP contribution >= 0.6 is 0 Å². The number of hydrogen-bond donors (Lipinski definition) is 9. The SMILES string of the molecule is O=C1O[C@H]([C@@](O)(CO)C2(O)O[C@H](CO)[C@@H](O)[C@H](O)[C@H]2O)C(O)=C1O. The summed E-state index contributed by atoms with van der Waals surface area (Å²) in [5.74, 6) is -7.36. The van der Waals surface area contributed by atoms with Gasteiger partial charge in [-0.2, -0.15) is 0 Å². The van der Waals surface area contributed by atoms with E-state index in [2.05, 4.69) is 4.74 Å². The fourth-order valence-electron chi connectivity index (χ4n) is 2.67. The van der Waals surface area contributed by atoms with E-state index in [1.165, 1.54) is 0 Å². The number of hydrogen-bond acceptors (Lipinski definition) is 12. The highest BCUT2D eigenvalue weighted by Crippen LogP contribution is 2.42. The highest BCUT2D eigenvalue weighted by Gasteiger charge is 2.69. The van der Waals surface area contributed by atoms with Crippen molar-refractivity contribution in [3.63, 3.8) is 0 Å². The predicted molar refractivity (Wildman–Crippen MR) is 69.1 cm³/mol. The Labute approximate surface area is 134 Å². The van der Waals surface area contributed by atoms with Crippen LogP contribution in [0.3, 0.4) is 0 Å². The van der Waals surface area contributed by atoms with Gasteiger partial charge in [-0.05, 0) is 0 Å². The van der Waals surface area contributed by atoms with Gasteiger partial charge in [-0.25, -0.2) is 4.79 Å². The van der Waals surface area contributed by atoms with Crippen LogP contribution in [0.4, 0.5) is 0 Å². The minimum absolute atomic E-state index is 0.966. The monoisotopic (exact) mass is 354 g/mol. The molecule has 2 aliphatic rings. The summed E-state index contributed by atoms with van der Waals surface area (Å²) in [7, 11) is 0. The molecule has 2 heterocycles. The zero-order valence-electron chi connectivity index (χ0n) is 12.1. The highest BCUT2D eigenvalue weighted by molar-refractivity contribution is 5.89. The van der Waals surface area contributed by atoms with E-state index in [0.29, 0.717) is 0 Å². The maximum atomic E-state index is 11.3. The smallest absolute Gasteiger partial charge is 0.378 e. The highest BCUT2D eigenvalue weighted by atomic mass is 16.7. The van der Waals surface area contributed by atoms with Crippen molar-refractivity contribution in [3.05, 3.63) is 11.5 Å². The molecule has 0 saturated carbocycles. The average Bonchev–Trinajstić information content (AvgIpc) is 2.83. The van der Waals surface area contributed by atoms with Gasteiger partial charge in [-0.3, -0.25) is 0 Å². The van der Waals surface area contributed by atoms with Crippen LogP contribution in [0, 0.1) is 0 Å². The molecule has 138 valence electrons. The lowest BCUT2D eigenvalue weighted by atomic mass is 9.78. The van der Waals surface area contributed by atoms with E-state index in [1.54, 1.807) is 0 Å². The second-order valence-corrected chi connectivity index (χ2v) is 5.56. The third kappa shape index (κ3) is 2.35. The Kier molecular flexibility index (Phi) is 4.78. The third-order valence-electron chi connectivity index (χ3n) is 4.17. The van der Waals surface area contributed by atoms with Crippen LogP contribution in [0.5, 0.6) is 0 Å². The normalized spacial score (nSPS) is 42.8. The first-order valence-corrected chi connectivity index (χ1v) is 6.76. The average molecular weight is 354 g/mol. The molecule has 9 N–H and O–H groups in total. The molecule has 1 saturated heterocycles. The number of carbonyl (C=O) groups excluding carboxylic acids is 1. The van der Waals surface area contributed by atoms with Gasteiger partial charge < -0.3 is 55.4 Å². The lowest BCUT2D eigenvalue weighted by Crippen LogP contribution is -2.77. The molecule has 0 amide bonds. The summed E-state index contributed by atoms with van der Waals surface area (Å²) >= 11 is 0. The van der Waals surface area contributed by atoms with Crippen molar-refractivity contribution in [1.82, 2.24) is 0 Å². The summed E-state index contributed by atoms with van der Waals surface area (Å²) in [6.45, 7) is -2.46. The second-order valence-electron chi connectivity index (χ2n) is 5.56. The Balaban J connectivity index is 2.49. The van der Waals surface area contributed by atoms with Crippen LogP contribution in [-0.4, -0.2) is 107 Å². The molecule has 0 aromatic rings. The van der Waals surface area contributed by atoms with Gasteiger partial charge in [-0.1, -0.05) is 0 Å². The molecular formula is C12H18O12. The van der Waals surface area contributed by atoms with E-state index in [4.69, 9.17) is 9.84 Å². The molecule has 0 aromatic carbocycles. The largest absolute Gasteiger partial charge is 0.505 e. The summed E-state index contributed by atoms with van der Waals surface area (Å²) in [4.78, 5) is 11.3. The Morgan fingerprint density at radius 3 is 2.12 bits per heavy atom. The summed E-state index contributed by atoms with van der Waals surface area (Å²) < 4.78 is 9.29. The zero-order chi connectivity index (χ0) is 18.4. The number of aliphatic hydroxyl groups is 9. The van der Waals surface area contributed by atoms with Gasteiger partial charge in [0, 0.05) is 0 Å². The van der Waals surface area contributed by atoms with Crippen LogP contribution < -0.4 is 0 Å². The second kappa shape index (κ2) is 6.09. The molecule has 1 unspecified atom stereocenters. The van der Waals surface area contributed by atoms with Crippen LogP contribution in [-0.2, 0) is 14.3 Å². The molecule has 0 spiro atoms. The Morgan fingerprint density at radius 1 is 1.12 bits per heavy atom. The lowest BCUT2D eigenvalue weighted by molar-refractivity contribution is -0.413. The van der Waals surface area contributed by atoms with Gasteiger partial charge in [0.05, 0.1) is 13.2 Å². The van der Waals surface area contributed by atoms with Gasteiger partial charge in [0.25, 0.3) is 0 Å². The van der Waals surface area contributed by atoms with E-state index in [1.807, 2.05) is 0 Å². The Morgan fingerprint density at radius 2 is 1.71 bits per heavy atom. The molecule has 0 radical (unpaired) electrons. The van der Waals surface area contributed by atoms with Gasteiger partial charge in [0.15, 0.2) is 17.5 Å². The molecule has 2 aliphatic heterocycles. The molecule has 12 nitrogen and oxygen atoms in total. The van der Waals surface area contributed by atoms with Crippen molar-refractivity contribution >= 4 is 5.97 Å². The summed E-state index contributed by atoms with van der Waals surface area (Å²) in [6.07, 6.45) is -10.4. The fourth-order valence-corrected chi connectivity index (χ4v) is 2.67. The van der Waals surface area contributed by atoms with Gasteiger partial charge in [0.1, 0.15) is 24.4 Å². The van der Waals surface area contributed by atoms with Crippen LogP contribution in [0.25, 0.3) is 0 Å². The van der Waals surface area contributed by atoms with Crippen molar-refractivity contribution in [1.29, 1.82) is 0 Å². The maximum Gasteiger partial charge on any atom is 0.378 e. The van der Waals surface area contributed by atoms with Crippen LogP contribution in [0.15, 0.2) is 11.5 Å². The molecule has 24 heavy (non-hydrogen) atoms. The van der Waals surface area contributed by atoms with E-state index in [-0.39, 0.29) is 0 Å². The fraction of sp³-hybridized carbons (Fsp3) is 0.750.